The van der Waals surface area contributed by atoms with E-state index < -0.39 is 12.0 Å². The highest BCUT2D eigenvalue weighted by Crippen LogP contribution is 2.40. The summed E-state index contributed by atoms with van der Waals surface area (Å²) in [6, 6.07) is 17.6. The Morgan fingerprint density at radius 3 is 2.56 bits per heavy atom. The van der Waals surface area contributed by atoms with Crippen LogP contribution in [-0.2, 0) is 16.1 Å². The fourth-order valence-corrected chi connectivity index (χ4v) is 6.56. The number of hydrogen-bond donors (Lipinski definition) is 0. The van der Waals surface area contributed by atoms with Gasteiger partial charge in [-0.1, -0.05) is 69.2 Å². The number of allylic oxidation sites excluding steroid dienone is 1. The molecule has 1 aliphatic heterocycles. The molecule has 0 unspecified atom stereocenters. The molecule has 1 aliphatic rings. The quantitative estimate of drug-likeness (QED) is 0.207. The van der Waals surface area contributed by atoms with Gasteiger partial charge in [-0.2, -0.15) is 0 Å². The number of esters is 1. The number of nitrogens with zero attached hydrogens (tertiary/aromatic N) is 2. The topological polar surface area (TPSA) is 88.4 Å². The number of hydrogen-bond acceptors (Lipinski definition) is 8. The van der Waals surface area contributed by atoms with Crippen molar-refractivity contribution in [2.24, 2.45) is 4.99 Å². The molecule has 222 valence electrons. The van der Waals surface area contributed by atoms with Gasteiger partial charge in [0.05, 0.1) is 42.7 Å². The normalized spacial score (nSPS) is 14.7. The lowest BCUT2D eigenvalue weighted by Gasteiger charge is -2.26. The monoisotopic (exact) mass is 682 g/mol. The number of ether oxygens (including phenoxy) is 4. The molecule has 0 amide bonds. The smallest absolute Gasteiger partial charge is 0.338 e. The van der Waals surface area contributed by atoms with Gasteiger partial charge in [0, 0.05) is 15.1 Å². The van der Waals surface area contributed by atoms with E-state index in [1.807, 2.05) is 48.5 Å². The van der Waals surface area contributed by atoms with Crippen molar-refractivity contribution < 1.29 is 23.7 Å². The second kappa shape index (κ2) is 13.2. The van der Waals surface area contributed by atoms with E-state index in [0.29, 0.717) is 53.9 Å². The third-order valence-corrected chi connectivity index (χ3v) is 8.86. The Balaban J connectivity index is 1.60. The number of carbonyl (C=O) groups excluding carboxylic acids is 1. The maximum absolute atomic E-state index is 14.0. The summed E-state index contributed by atoms with van der Waals surface area (Å²) in [5, 5.41) is 0.632. The number of halogens is 2. The van der Waals surface area contributed by atoms with Crippen LogP contribution in [0.2, 0.25) is 5.02 Å². The van der Waals surface area contributed by atoms with Gasteiger partial charge in [0.1, 0.15) is 12.4 Å². The minimum atomic E-state index is -0.822. The van der Waals surface area contributed by atoms with E-state index in [4.69, 9.17) is 30.5 Å². The zero-order valence-electron chi connectivity index (χ0n) is 23.9. The zero-order valence-corrected chi connectivity index (χ0v) is 27.0. The molecular weight excluding hydrogens is 656 g/mol. The van der Waals surface area contributed by atoms with E-state index in [0.717, 1.165) is 11.1 Å². The van der Waals surface area contributed by atoms with Crippen LogP contribution in [0, 0.1) is 0 Å². The third kappa shape index (κ3) is 6.27. The van der Waals surface area contributed by atoms with Crippen molar-refractivity contribution in [3.05, 3.63) is 118 Å². The van der Waals surface area contributed by atoms with Gasteiger partial charge in [0.15, 0.2) is 16.3 Å². The van der Waals surface area contributed by atoms with Crippen LogP contribution in [0.15, 0.2) is 86.2 Å². The molecule has 0 spiro atoms. The molecule has 1 aromatic heterocycles. The highest BCUT2D eigenvalue weighted by Gasteiger charge is 2.35. The van der Waals surface area contributed by atoms with Crippen LogP contribution >= 0.6 is 38.9 Å². The molecular formula is C32H28BrClN2O6S. The highest BCUT2D eigenvalue weighted by atomic mass is 79.9. The fourth-order valence-electron chi connectivity index (χ4n) is 4.79. The maximum atomic E-state index is 14.0. The summed E-state index contributed by atoms with van der Waals surface area (Å²) in [7, 11) is 3.07. The lowest BCUT2D eigenvalue weighted by Crippen LogP contribution is -2.40. The van der Waals surface area contributed by atoms with Gasteiger partial charge in [-0.3, -0.25) is 9.36 Å². The Bertz CT molecular complexity index is 1920. The Morgan fingerprint density at radius 2 is 1.84 bits per heavy atom. The second-order valence-electron chi connectivity index (χ2n) is 9.48. The van der Waals surface area contributed by atoms with Crippen molar-refractivity contribution in [2.75, 3.05) is 20.8 Å². The molecule has 0 N–H and O–H groups in total. The molecule has 0 saturated carbocycles. The van der Waals surface area contributed by atoms with Crippen molar-refractivity contribution >= 4 is 50.9 Å². The molecule has 0 aliphatic carbocycles. The molecule has 8 nitrogen and oxygen atoms in total. The SMILES string of the molecule is CCOC(=O)C1=C(C)N=c2s/c(=C/c3cccc(OCc4ccccc4Cl)c3)c(=O)n2[C@H]1c1cc(OC)c(OC)cc1Br. The molecule has 0 fully saturated rings. The first kappa shape index (κ1) is 30.6. The van der Waals surface area contributed by atoms with E-state index in [1.54, 1.807) is 32.1 Å². The van der Waals surface area contributed by atoms with Crippen LogP contribution < -0.4 is 29.1 Å². The van der Waals surface area contributed by atoms with E-state index in [1.165, 1.54) is 30.1 Å². The summed E-state index contributed by atoms with van der Waals surface area (Å²) in [4.78, 5) is 32.4. The molecule has 5 rings (SSSR count). The Labute approximate surface area is 265 Å². The average molecular weight is 684 g/mol. The molecule has 43 heavy (non-hydrogen) atoms. The molecule has 0 bridgehead atoms. The van der Waals surface area contributed by atoms with Crippen molar-refractivity contribution in [1.82, 2.24) is 4.57 Å². The van der Waals surface area contributed by atoms with Gasteiger partial charge in [-0.15, -0.1) is 0 Å². The van der Waals surface area contributed by atoms with E-state index >= 15 is 0 Å². The number of aromatic nitrogens is 1. The van der Waals surface area contributed by atoms with Gasteiger partial charge in [0.2, 0.25) is 0 Å². The number of rotatable bonds is 9. The minimum Gasteiger partial charge on any atom is -0.493 e. The first-order valence-corrected chi connectivity index (χ1v) is 15.3. The summed E-state index contributed by atoms with van der Waals surface area (Å²) < 4.78 is 25.0. The van der Waals surface area contributed by atoms with Crippen LogP contribution in [-0.4, -0.2) is 31.4 Å². The summed E-state index contributed by atoms with van der Waals surface area (Å²) in [6.07, 6.45) is 1.79. The number of carbonyl (C=O) groups is 1. The van der Waals surface area contributed by atoms with Gasteiger partial charge in [-0.05, 0) is 61.4 Å². The van der Waals surface area contributed by atoms with Crippen molar-refractivity contribution in [3.8, 4) is 17.2 Å². The van der Waals surface area contributed by atoms with Gasteiger partial charge in [-0.25, -0.2) is 9.79 Å². The second-order valence-corrected chi connectivity index (χ2v) is 11.8. The lowest BCUT2D eigenvalue weighted by atomic mass is 9.95. The van der Waals surface area contributed by atoms with Crippen LogP contribution in [0.3, 0.4) is 0 Å². The first-order chi connectivity index (χ1) is 20.7. The Hall–Kier alpha value is -3.86. The molecule has 4 aromatic rings. The lowest BCUT2D eigenvalue weighted by molar-refractivity contribution is -0.139. The molecule has 2 heterocycles. The zero-order chi connectivity index (χ0) is 30.7. The molecule has 3 aromatic carbocycles. The van der Waals surface area contributed by atoms with Crippen LogP contribution in [0.5, 0.6) is 17.2 Å². The number of methoxy groups -OCH3 is 2. The van der Waals surface area contributed by atoms with Crippen LogP contribution in [0.1, 0.15) is 36.6 Å². The predicted molar refractivity (Wildman–Crippen MR) is 170 cm³/mol. The minimum absolute atomic E-state index is 0.175. The van der Waals surface area contributed by atoms with Gasteiger partial charge < -0.3 is 18.9 Å². The molecule has 11 heteroatoms. The Morgan fingerprint density at radius 1 is 1.09 bits per heavy atom. The van der Waals surface area contributed by atoms with E-state index in [-0.39, 0.29) is 17.7 Å². The summed E-state index contributed by atoms with van der Waals surface area (Å²) >= 11 is 11.1. The van der Waals surface area contributed by atoms with E-state index in [2.05, 4.69) is 20.9 Å². The largest absolute Gasteiger partial charge is 0.493 e. The Kier molecular flexibility index (Phi) is 9.39. The van der Waals surface area contributed by atoms with Crippen LogP contribution in [0.25, 0.3) is 6.08 Å². The van der Waals surface area contributed by atoms with Crippen molar-refractivity contribution in [1.29, 1.82) is 0 Å². The predicted octanol–water partition coefficient (Wildman–Crippen LogP) is 5.81. The highest BCUT2D eigenvalue weighted by molar-refractivity contribution is 9.10. The van der Waals surface area contributed by atoms with Gasteiger partial charge in [0.25, 0.3) is 5.56 Å². The fraction of sp³-hybridized carbons (Fsp3) is 0.219. The number of thiazole rings is 1. The molecule has 1 atom stereocenters. The summed E-state index contributed by atoms with van der Waals surface area (Å²) in [6.45, 7) is 3.96. The number of fused-ring (bicyclic) bond motifs is 1. The van der Waals surface area contributed by atoms with Crippen LogP contribution in [0.4, 0.5) is 0 Å². The van der Waals surface area contributed by atoms with E-state index in [9.17, 15) is 9.59 Å². The van der Waals surface area contributed by atoms with Crippen molar-refractivity contribution in [2.45, 2.75) is 26.5 Å². The third-order valence-electron chi connectivity index (χ3n) is 6.82. The summed E-state index contributed by atoms with van der Waals surface area (Å²) in [5.74, 6) is 1.04. The average Bonchev–Trinajstić information content (AvgIpc) is 3.30. The molecule has 0 radical (unpaired) electrons. The molecule has 0 saturated heterocycles. The van der Waals surface area contributed by atoms with Gasteiger partial charge >= 0.3 is 5.97 Å². The maximum Gasteiger partial charge on any atom is 0.338 e. The van der Waals surface area contributed by atoms with Crippen molar-refractivity contribution in [3.63, 3.8) is 0 Å². The summed E-state index contributed by atoms with van der Waals surface area (Å²) in [5.41, 5.74) is 2.70. The number of benzene rings is 3. The standard InChI is InChI=1S/C32H28BrClN2O6S/c1-5-41-31(38)28-18(2)35-32-36(29(28)22-15-25(39-3)26(40-4)16-23(22)33)30(37)27(43-32)14-19-9-8-11-21(13-19)42-17-20-10-6-7-12-24(20)34/h6-16,29H,5,17H2,1-4H3/b27-14+/t29-/m0/s1. The first-order valence-electron chi connectivity index (χ1n) is 13.3.